The number of piperazine rings is 1. The minimum atomic E-state index is 0.167. The van der Waals surface area contributed by atoms with Gasteiger partial charge in [0.2, 0.25) is 0 Å². The largest absolute Gasteiger partial charge is 0.335 e. The summed E-state index contributed by atoms with van der Waals surface area (Å²) in [6.07, 6.45) is 0. The van der Waals surface area contributed by atoms with Crippen molar-refractivity contribution in [2.45, 2.75) is 32.9 Å². The quantitative estimate of drug-likeness (QED) is 0.708. The topological polar surface area (TPSA) is 23.6 Å². The van der Waals surface area contributed by atoms with Crippen LogP contribution in [-0.4, -0.2) is 47.9 Å². The van der Waals surface area contributed by atoms with Gasteiger partial charge in [0.25, 0.3) is 5.91 Å². The third kappa shape index (κ3) is 2.94. The Morgan fingerprint density at radius 1 is 1.26 bits per heavy atom. The van der Waals surface area contributed by atoms with E-state index in [0.717, 1.165) is 22.2 Å². The molecule has 1 aromatic rings. The Bertz CT molecular complexity index is 477. The predicted octanol–water partition coefficient (Wildman–Crippen LogP) is 2.76. The molecule has 0 aromatic heterocycles. The zero-order chi connectivity index (χ0) is 14.2. The highest BCUT2D eigenvalue weighted by molar-refractivity contribution is 14.1. The smallest absolute Gasteiger partial charge is 0.255 e. The molecule has 1 fully saturated rings. The van der Waals surface area contributed by atoms with Crippen LogP contribution in [0.1, 0.15) is 29.8 Å². The summed E-state index contributed by atoms with van der Waals surface area (Å²) in [6.45, 7) is 8.02. The first kappa shape index (κ1) is 14.8. The van der Waals surface area contributed by atoms with Gasteiger partial charge in [-0.3, -0.25) is 9.69 Å². The van der Waals surface area contributed by atoms with Crippen molar-refractivity contribution in [2.24, 2.45) is 0 Å². The molecule has 19 heavy (non-hydrogen) atoms. The number of amides is 1. The first-order valence-electron chi connectivity index (χ1n) is 6.68. The lowest BCUT2D eigenvalue weighted by molar-refractivity contribution is 0.0413. The number of benzene rings is 1. The van der Waals surface area contributed by atoms with E-state index in [9.17, 15) is 4.79 Å². The second-order valence-corrected chi connectivity index (χ2v) is 6.59. The van der Waals surface area contributed by atoms with E-state index < -0.39 is 0 Å². The highest BCUT2D eigenvalue weighted by Gasteiger charge is 2.30. The molecule has 4 heteroatoms. The molecular weight excluding hydrogens is 351 g/mol. The molecule has 2 unspecified atom stereocenters. The Hall–Kier alpha value is -0.620. The number of carbonyl (C=O) groups is 1. The highest BCUT2D eigenvalue weighted by Crippen LogP contribution is 2.21. The number of carbonyl (C=O) groups excluding carboxylic acids is 1. The van der Waals surface area contributed by atoms with Crippen molar-refractivity contribution in [3.63, 3.8) is 0 Å². The molecule has 0 bridgehead atoms. The van der Waals surface area contributed by atoms with Crippen molar-refractivity contribution in [1.82, 2.24) is 9.80 Å². The zero-order valence-electron chi connectivity index (χ0n) is 12.0. The van der Waals surface area contributed by atoms with Crippen molar-refractivity contribution in [3.8, 4) is 0 Å². The normalized spacial score (nSPS) is 24.6. The number of nitrogens with zero attached hydrogens (tertiary/aromatic N) is 2. The second-order valence-electron chi connectivity index (χ2n) is 5.51. The molecule has 3 nitrogen and oxygen atoms in total. The van der Waals surface area contributed by atoms with E-state index in [2.05, 4.69) is 48.4 Å². The van der Waals surface area contributed by atoms with Gasteiger partial charge in [0, 0.05) is 28.7 Å². The van der Waals surface area contributed by atoms with Crippen LogP contribution >= 0.6 is 22.6 Å². The summed E-state index contributed by atoms with van der Waals surface area (Å²) < 4.78 is 1.07. The fourth-order valence-corrected chi connectivity index (χ4v) is 3.14. The molecule has 104 valence electrons. The van der Waals surface area contributed by atoms with Crippen LogP contribution in [0.3, 0.4) is 0 Å². The van der Waals surface area contributed by atoms with Gasteiger partial charge in [-0.15, -0.1) is 0 Å². The van der Waals surface area contributed by atoms with Gasteiger partial charge < -0.3 is 4.90 Å². The maximum absolute atomic E-state index is 12.7. The first-order valence-corrected chi connectivity index (χ1v) is 7.76. The van der Waals surface area contributed by atoms with E-state index >= 15 is 0 Å². The Balaban J connectivity index is 2.23. The molecule has 1 aromatic carbocycles. The van der Waals surface area contributed by atoms with Crippen molar-refractivity contribution in [2.75, 3.05) is 20.1 Å². The Morgan fingerprint density at radius 2 is 1.84 bits per heavy atom. The van der Waals surface area contributed by atoms with E-state index in [-0.39, 0.29) is 5.91 Å². The van der Waals surface area contributed by atoms with Gasteiger partial charge in [-0.1, -0.05) is 12.1 Å². The third-order valence-corrected chi connectivity index (χ3v) is 5.50. The van der Waals surface area contributed by atoms with Crippen molar-refractivity contribution in [3.05, 3.63) is 32.9 Å². The van der Waals surface area contributed by atoms with E-state index in [1.165, 1.54) is 5.56 Å². The molecule has 0 aliphatic carbocycles. The molecule has 1 heterocycles. The Kier molecular flexibility index (Phi) is 4.50. The van der Waals surface area contributed by atoms with Gasteiger partial charge >= 0.3 is 0 Å². The average molecular weight is 372 g/mol. The molecule has 0 N–H and O–H groups in total. The van der Waals surface area contributed by atoms with E-state index in [1.807, 2.05) is 30.0 Å². The molecule has 0 saturated carbocycles. The van der Waals surface area contributed by atoms with Crippen molar-refractivity contribution in [1.29, 1.82) is 0 Å². The van der Waals surface area contributed by atoms with E-state index in [4.69, 9.17) is 0 Å². The van der Waals surface area contributed by atoms with Crippen LogP contribution in [0.2, 0.25) is 0 Å². The SMILES string of the molecule is Cc1cccc(C(=O)N2CC(C)N(C)C(C)C2)c1I. The molecule has 1 aliphatic heterocycles. The summed E-state index contributed by atoms with van der Waals surface area (Å²) in [5.74, 6) is 0.167. The summed E-state index contributed by atoms with van der Waals surface area (Å²) in [5, 5.41) is 0. The van der Waals surface area contributed by atoms with Crippen molar-refractivity contribution >= 4 is 28.5 Å². The van der Waals surface area contributed by atoms with Gasteiger partial charge in [0.05, 0.1) is 5.56 Å². The van der Waals surface area contributed by atoms with Crippen LogP contribution in [-0.2, 0) is 0 Å². The lowest BCUT2D eigenvalue weighted by Crippen LogP contribution is -2.56. The molecule has 2 rings (SSSR count). The fraction of sp³-hybridized carbons (Fsp3) is 0.533. The molecular formula is C15H21IN2O. The minimum Gasteiger partial charge on any atom is -0.335 e. The number of hydrogen-bond donors (Lipinski definition) is 0. The Labute approximate surface area is 129 Å². The van der Waals surface area contributed by atoms with Gasteiger partial charge in [0.1, 0.15) is 0 Å². The fourth-order valence-electron chi connectivity index (χ4n) is 2.55. The summed E-state index contributed by atoms with van der Waals surface area (Å²) in [7, 11) is 2.13. The van der Waals surface area contributed by atoms with Gasteiger partial charge in [-0.2, -0.15) is 0 Å². The third-order valence-electron chi connectivity index (χ3n) is 4.07. The predicted molar refractivity (Wildman–Crippen MR) is 86.5 cm³/mol. The van der Waals surface area contributed by atoms with Crippen LogP contribution in [0.15, 0.2) is 18.2 Å². The van der Waals surface area contributed by atoms with E-state index in [0.29, 0.717) is 12.1 Å². The van der Waals surface area contributed by atoms with Crippen LogP contribution in [0.25, 0.3) is 0 Å². The lowest BCUT2D eigenvalue weighted by Gasteiger charge is -2.42. The zero-order valence-corrected chi connectivity index (χ0v) is 14.1. The van der Waals surface area contributed by atoms with Crippen LogP contribution in [0.5, 0.6) is 0 Å². The molecule has 1 saturated heterocycles. The number of hydrogen-bond acceptors (Lipinski definition) is 2. The molecule has 2 atom stereocenters. The van der Waals surface area contributed by atoms with Gasteiger partial charge in [-0.05, 0) is 62.0 Å². The van der Waals surface area contributed by atoms with Crippen LogP contribution in [0.4, 0.5) is 0 Å². The number of likely N-dealkylation sites (N-methyl/N-ethyl adjacent to an activating group) is 1. The maximum Gasteiger partial charge on any atom is 0.255 e. The summed E-state index contributed by atoms with van der Waals surface area (Å²) in [4.78, 5) is 17.0. The lowest BCUT2D eigenvalue weighted by atomic mass is 10.1. The van der Waals surface area contributed by atoms with Crippen LogP contribution < -0.4 is 0 Å². The standard InChI is InChI=1S/C15H21IN2O/c1-10-6-5-7-13(14(10)16)15(19)18-8-11(2)17(4)12(3)9-18/h5-7,11-12H,8-9H2,1-4H3. The highest BCUT2D eigenvalue weighted by atomic mass is 127. The average Bonchev–Trinajstić information content (AvgIpc) is 2.38. The number of rotatable bonds is 1. The summed E-state index contributed by atoms with van der Waals surface area (Å²) in [5.41, 5.74) is 2.01. The number of aryl methyl sites for hydroxylation is 1. The first-order chi connectivity index (χ1) is 8.91. The monoisotopic (exact) mass is 372 g/mol. The molecule has 1 aliphatic rings. The number of halogens is 1. The maximum atomic E-state index is 12.7. The molecule has 0 radical (unpaired) electrons. The second kappa shape index (κ2) is 5.79. The van der Waals surface area contributed by atoms with Crippen LogP contribution in [0, 0.1) is 10.5 Å². The van der Waals surface area contributed by atoms with Gasteiger partial charge in [0.15, 0.2) is 0 Å². The molecule has 0 spiro atoms. The molecule has 1 amide bonds. The minimum absolute atomic E-state index is 0.167. The summed E-state index contributed by atoms with van der Waals surface area (Å²) >= 11 is 2.27. The van der Waals surface area contributed by atoms with Gasteiger partial charge in [-0.25, -0.2) is 0 Å². The Morgan fingerprint density at radius 3 is 2.42 bits per heavy atom. The summed E-state index contributed by atoms with van der Waals surface area (Å²) in [6, 6.07) is 6.77. The van der Waals surface area contributed by atoms with E-state index in [1.54, 1.807) is 0 Å². The van der Waals surface area contributed by atoms with Crippen molar-refractivity contribution < 1.29 is 4.79 Å².